The molecule has 2 nitrogen and oxygen atoms in total. The van der Waals surface area contributed by atoms with Gasteiger partial charge in [-0.1, -0.05) is 65.0 Å². The zero-order chi connectivity index (χ0) is 20.1. The Morgan fingerprint density at radius 3 is 2.61 bits per heavy atom. The number of hydrogen-bond donors (Lipinski definition) is 2. The maximum Gasteiger partial charge on any atom is 0.0543 e. The Bertz CT molecular complexity index is 610. The van der Waals surface area contributed by atoms with E-state index in [1.54, 1.807) is 5.57 Å². The zero-order valence-electron chi connectivity index (χ0n) is 19.2. The molecule has 2 fully saturated rings. The van der Waals surface area contributed by atoms with E-state index in [1.165, 1.54) is 57.9 Å². The van der Waals surface area contributed by atoms with E-state index in [2.05, 4.69) is 39.9 Å². The zero-order valence-corrected chi connectivity index (χ0v) is 19.2. The van der Waals surface area contributed by atoms with Crippen LogP contribution in [0.1, 0.15) is 98.8 Å². The summed E-state index contributed by atoms with van der Waals surface area (Å²) in [6.07, 6.45) is 12.7. The van der Waals surface area contributed by atoms with Crippen LogP contribution in [0.2, 0.25) is 0 Å². The van der Waals surface area contributed by atoms with Crippen molar-refractivity contribution in [3.8, 4) is 0 Å². The van der Waals surface area contributed by atoms with Gasteiger partial charge in [0, 0.05) is 6.04 Å². The Balaban J connectivity index is 1.52. The second-order valence-electron chi connectivity index (χ2n) is 11.8. The molecule has 0 bridgehead atoms. The Labute approximate surface area is 173 Å². The summed E-state index contributed by atoms with van der Waals surface area (Å²) in [7, 11) is 0. The first kappa shape index (κ1) is 20.9. The number of aliphatic hydroxyl groups excluding tert-OH is 1. The maximum atomic E-state index is 10.2. The Morgan fingerprint density at radius 2 is 1.86 bits per heavy atom. The van der Waals surface area contributed by atoms with Crippen LogP contribution in [0, 0.1) is 34.5 Å². The van der Waals surface area contributed by atoms with Gasteiger partial charge in [0.2, 0.25) is 0 Å². The lowest BCUT2D eigenvalue weighted by molar-refractivity contribution is 0.0176. The molecule has 0 unspecified atom stereocenters. The maximum absolute atomic E-state index is 10.2. The molecule has 1 saturated heterocycles. The Kier molecular flexibility index (Phi) is 5.77. The fourth-order valence-corrected chi connectivity index (χ4v) is 7.89. The molecule has 1 heterocycles. The van der Waals surface area contributed by atoms with Gasteiger partial charge in [-0.15, -0.1) is 0 Å². The van der Waals surface area contributed by atoms with E-state index in [0.29, 0.717) is 22.8 Å². The molecular weight excluding hydrogens is 342 g/mol. The van der Waals surface area contributed by atoms with Gasteiger partial charge >= 0.3 is 0 Å². The minimum atomic E-state index is -0.0465. The van der Waals surface area contributed by atoms with Gasteiger partial charge in [0.15, 0.2) is 0 Å². The minimum absolute atomic E-state index is 0.0465. The van der Waals surface area contributed by atoms with Crippen molar-refractivity contribution in [3.63, 3.8) is 0 Å². The largest absolute Gasteiger partial charge is 0.393 e. The van der Waals surface area contributed by atoms with Crippen molar-refractivity contribution >= 4 is 0 Å². The summed E-state index contributed by atoms with van der Waals surface area (Å²) in [5.41, 5.74) is 4.45. The van der Waals surface area contributed by atoms with Gasteiger partial charge in [0.1, 0.15) is 0 Å². The number of rotatable bonds is 5. The van der Waals surface area contributed by atoms with Gasteiger partial charge in [-0.2, -0.15) is 0 Å². The molecule has 0 aromatic heterocycles. The molecule has 4 aliphatic rings. The van der Waals surface area contributed by atoms with Gasteiger partial charge in [0.05, 0.1) is 6.10 Å². The Morgan fingerprint density at radius 1 is 1.07 bits per heavy atom. The highest BCUT2D eigenvalue weighted by Gasteiger charge is 2.55. The van der Waals surface area contributed by atoms with Crippen LogP contribution in [0.4, 0.5) is 0 Å². The SMILES string of the molecule is CC(C)CCC[C@@H](C)[C@H]1CN[C@H]2C3=C(CC[C@]12C)[C@@]1(C)CC[C@H](O)C[C@@H]1CC3. The molecule has 1 aliphatic heterocycles. The van der Waals surface area contributed by atoms with Crippen molar-refractivity contribution < 1.29 is 5.11 Å². The summed E-state index contributed by atoms with van der Waals surface area (Å²) < 4.78 is 0. The molecule has 160 valence electrons. The second kappa shape index (κ2) is 7.73. The predicted molar refractivity (Wildman–Crippen MR) is 118 cm³/mol. The first-order valence-corrected chi connectivity index (χ1v) is 12.4. The van der Waals surface area contributed by atoms with Crippen LogP contribution >= 0.6 is 0 Å². The highest BCUT2D eigenvalue weighted by Crippen LogP contribution is 2.61. The summed E-state index contributed by atoms with van der Waals surface area (Å²) in [4.78, 5) is 0. The molecule has 2 N–H and O–H groups in total. The molecule has 4 rings (SSSR count). The quantitative estimate of drug-likeness (QED) is 0.559. The van der Waals surface area contributed by atoms with E-state index in [9.17, 15) is 5.11 Å². The Hall–Kier alpha value is -0.340. The molecule has 1 saturated carbocycles. The van der Waals surface area contributed by atoms with Crippen molar-refractivity contribution in [2.24, 2.45) is 34.5 Å². The first-order chi connectivity index (χ1) is 13.3. The van der Waals surface area contributed by atoms with Crippen LogP contribution in [0.3, 0.4) is 0 Å². The van der Waals surface area contributed by atoms with Crippen LogP contribution < -0.4 is 5.32 Å². The van der Waals surface area contributed by atoms with Crippen LogP contribution in [-0.4, -0.2) is 23.8 Å². The van der Waals surface area contributed by atoms with Crippen molar-refractivity contribution in [2.75, 3.05) is 6.54 Å². The highest BCUT2D eigenvalue weighted by molar-refractivity contribution is 5.37. The van der Waals surface area contributed by atoms with Gasteiger partial charge < -0.3 is 10.4 Å². The summed E-state index contributed by atoms with van der Waals surface area (Å²) in [6.45, 7) is 13.6. The van der Waals surface area contributed by atoms with Gasteiger partial charge in [0.25, 0.3) is 0 Å². The minimum Gasteiger partial charge on any atom is -0.393 e. The van der Waals surface area contributed by atoms with Crippen molar-refractivity contribution in [3.05, 3.63) is 11.1 Å². The monoisotopic (exact) mass is 387 g/mol. The lowest BCUT2D eigenvalue weighted by Gasteiger charge is -2.54. The first-order valence-electron chi connectivity index (χ1n) is 12.4. The summed E-state index contributed by atoms with van der Waals surface area (Å²) in [5, 5.41) is 14.3. The van der Waals surface area contributed by atoms with E-state index < -0.39 is 0 Å². The average molecular weight is 388 g/mol. The molecular formula is C26H45NO. The smallest absolute Gasteiger partial charge is 0.0543 e. The third kappa shape index (κ3) is 3.41. The van der Waals surface area contributed by atoms with Gasteiger partial charge in [-0.05, 0) is 86.0 Å². The molecule has 2 heteroatoms. The summed E-state index contributed by atoms with van der Waals surface area (Å²) in [5.74, 6) is 3.22. The van der Waals surface area contributed by atoms with E-state index in [-0.39, 0.29) is 6.10 Å². The standard InChI is InChI=1S/C26H45NO/c1-17(2)7-6-8-18(3)23-16-27-24-21-10-9-19-15-20(28)11-13-25(19,4)22(21)12-14-26(23,24)5/h17-20,23-24,27-28H,6-16H2,1-5H3/t18-,19+,20+,23-,24+,25+,26-/m1/s1. The highest BCUT2D eigenvalue weighted by atomic mass is 16.3. The van der Waals surface area contributed by atoms with E-state index in [0.717, 1.165) is 30.6 Å². The number of hydrogen-bond acceptors (Lipinski definition) is 2. The molecule has 0 radical (unpaired) electrons. The van der Waals surface area contributed by atoms with Crippen LogP contribution in [-0.2, 0) is 0 Å². The fourth-order valence-electron chi connectivity index (χ4n) is 7.89. The number of fused-ring (bicyclic) bond motifs is 4. The summed E-state index contributed by atoms with van der Waals surface area (Å²) in [6, 6.07) is 0.624. The molecule has 0 aromatic carbocycles. The third-order valence-electron chi connectivity index (χ3n) is 9.73. The lowest BCUT2D eigenvalue weighted by Crippen LogP contribution is -2.49. The topological polar surface area (TPSA) is 32.3 Å². The summed E-state index contributed by atoms with van der Waals surface area (Å²) >= 11 is 0. The van der Waals surface area contributed by atoms with Crippen molar-refractivity contribution in [1.29, 1.82) is 0 Å². The molecule has 7 atom stereocenters. The molecule has 28 heavy (non-hydrogen) atoms. The third-order valence-corrected chi connectivity index (χ3v) is 9.73. The molecule has 0 aromatic rings. The fraction of sp³-hybridized carbons (Fsp3) is 0.923. The number of nitrogens with one attached hydrogen (secondary N) is 1. The molecule has 0 amide bonds. The predicted octanol–water partition coefficient (Wildman–Crippen LogP) is 6.09. The molecule has 3 aliphatic carbocycles. The van der Waals surface area contributed by atoms with Crippen LogP contribution in [0.15, 0.2) is 11.1 Å². The lowest BCUT2D eigenvalue weighted by atomic mass is 9.51. The van der Waals surface area contributed by atoms with E-state index in [4.69, 9.17) is 0 Å². The van der Waals surface area contributed by atoms with Crippen LogP contribution in [0.25, 0.3) is 0 Å². The van der Waals surface area contributed by atoms with Gasteiger partial charge in [-0.3, -0.25) is 0 Å². The second-order valence-corrected chi connectivity index (χ2v) is 11.8. The van der Waals surface area contributed by atoms with E-state index in [1.807, 2.05) is 5.57 Å². The van der Waals surface area contributed by atoms with E-state index >= 15 is 0 Å². The number of aliphatic hydroxyl groups is 1. The average Bonchev–Trinajstić information content (AvgIpc) is 2.99. The van der Waals surface area contributed by atoms with Crippen LogP contribution in [0.5, 0.6) is 0 Å². The van der Waals surface area contributed by atoms with Gasteiger partial charge in [-0.25, -0.2) is 0 Å². The van der Waals surface area contributed by atoms with Crippen molar-refractivity contribution in [1.82, 2.24) is 5.32 Å². The molecule has 0 spiro atoms. The normalized spacial score (nSPS) is 44.2. The number of allylic oxidation sites excluding steroid dienone is 1. The van der Waals surface area contributed by atoms with Crippen molar-refractivity contribution in [2.45, 2.75) is 111 Å².